The van der Waals surface area contributed by atoms with Crippen LogP contribution in [-0.4, -0.2) is 25.7 Å². The number of ether oxygens (including phenoxy) is 1. The Labute approximate surface area is 76.7 Å². The van der Waals surface area contributed by atoms with Gasteiger partial charge in [0.05, 0.1) is 7.11 Å². The predicted molar refractivity (Wildman–Crippen MR) is 44.6 cm³/mol. The van der Waals surface area contributed by atoms with Gasteiger partial charge < -0.3 is 10.1 Å². The zero-order valence-electron chi connectivity index (χ0n) is 10.3. The van der Waals surface area contributed by atoms with Crippen LogP contribution in [0.2, 0.25) is 0 Å². The Morgan fingerprint density at radius 1 is 1.83 bits per heavy atom. The van der Waals surface area contributed by atoms with Gasteiger partial charge in [-0.1, -0.05) is 13.8 Å². The lowest BCUT2D eigenvalue weighted by Crippen LogP contribution is -2.38. The van der Waals surface area contributed by atoms with Gasteiger partial charge in [0.15, 0.2) is 0 Å². The minimum Gasteiger partial charge on any atom is -0.468 e. The van der Waals surface area contributed by atoms with Crippen molar-refractivity contribution in [1.29, 1.82) is 0 Å². The van der Waals surface area contributed by atoms with E-state index in [0.717, 1.165) is 0 Å². The van der Waals surface area contributed by atoms with Crippen molar-refractivity contribution < 1.29 is 13.6 Å². The Kier molecular flexibility index (Phi) is 0.967. The maximum Gasteiger partial charge on any atom is 0.323 e. The minimum absolute atomic E-state index is 0.0779. The number of carbonyl (C=O) groups is 1. The maximum absolute atomic E-state index is 11.4. The van der Waals surface area contributed by atoms with Crippen LogP contribution < -0.4 is 5.32 Å². The number of fused-ring (bicyclic) bond motifs is 1. The first-order chi connectivity index (χ1) is 6.84. The summed E-state index contributed by atoms with van der Waals surface area (Å²) in [7, 11) is 1.33. The number of nitrogens with one attached hydrogen (secondary N) is 1. The van der Waals surface area contributed by atoms with Gasteiger partial charge in [0.25, 0.3) is 0 Å². The van der Waals surface area contributed by atoms with Crippen molar-refractivity contribution in [2.75, 3.05) is 13.7 Å². The second kappa shape index (κ2) is 2.22. The van der Waals surface area contributed by atoms with E-state index in [1.54, 1.807) is 6.92 Å². The van der Waals surface area contributed by atoms with E-state index in [-0.39, 0.29) is 17.8 Å². The molecule has 1 aliphatic carbocycles. The van der Waals surface area contributed by atoms with Gasteiger partial charge in [-0.05, 0) is 23.8 Å². The van der Waals surface area contributed by atoms with Crippen molar-refractivity contribution in [3.63, 3.8) is 0 Å². The zero-order valence-corrected chi connectivity index (χ0v) is 7.26. The first kappa shape index (κ1) is 5.22. The molecule has 0 amide bonds. The third kappa shape index (κ3) is 0.829. The Balaban J connectivity index is 2.17. The summed E-state index contributed by atoms with van der Waals surface area (Å²) in [6.07, 6.45) is 0. The third-order valence-electron chi connectivity index (χ3n) is 3.16. The van der Waals surface area contributed by atoms with Crippen LogP contribution in [0.3, 0.4) is 0 Å². The fourth-order valence-corrected chi connectivity index (χ4v) is 2.29. The van der Waals surface area contributed by atoms with E-state index in [1.165, 1.54) is 7.11 Å². The lowest BCUT2D eigenvalue weighted by atomic mass is 10.0. The molecule has 0 bridgehead atoms. The van der Waals surface area contributed by atoms with E-state index >= 15 is 0 Å². The highest BCUT2D eigenvalue weighted by molar-refractivity contribution is 5.77. The highest BCUT2D eigenvalue weighted by Gasteiger charge is 2.66. The number of methoxy groups -OCH3 is 1. The van der Waals surface area contributed by atoms with Crippen LogP contribution in [-0.2, 0) is 9.53 Å². The second-order valence-electron chi connectivity index (χ2n) is 3.82. The van der Waals surface area contributed by atoms with Gasteiger partial charge in [-0.2, -0.15) is 0 Å². The van der Waals surface area contributed by atoms with Crippen LogP contribution in [0.25, 0.3) is 0 Å². The molecule has 1 saturated heterocycles. The number of hydrogen-bond donors (Lipinski definition) is 1. The number of esters is 1. The molecule has 12 heavy (non-hydrogen) atoms. The molecule has 2 aliphatic rings. The predicted octanol–water partition coefficient (Wildman–Crippen LogP) is 0.403. The summed E-state index contributed by atoms with van der Waals surface area (Å²) < 4.78 is 27.1. The molecule has 4 atom stereocenters. The highest BCUT2D eigenvalue weighted by atomic mass is 16.5. The lowest BCUT2D eigenvalue weighted by Gasteiger charge is -2.16. The number of hydrogen-bond acceptors (Lipinski definition) is 3. The Morgan fingerprint density at radius 3 is 3.08 bits per heavy atom. The summed E-state index contributed by atoms with van der Waals surface area (Å²) in [6, 6.07) is -0.439. The molecule has 3 nitrogen and oxygen atoms in total. The molecule has 68 valence electrons. The monoisotopic (exact) mass is 172 g/mol. The molecular formula is C9H15NO2. The molecule has 0 spiro atoms. The molecule has 2 fully saturated rings. The van der Waals surface area contributed by atoms with E-state index in [0.29, 0.717) is 6.54 Å². The molecule has 1 aliphatic heterocycles. The SMILES string of the molecule is [2H]C([2H])([2H])C1(C)[C@@H]2[C@@H](C(=O)OC)NC[C@@H]21. The van der Waals surface area contributed by atoms with Crippen molar-refractivity contribution in [3.8, 4) is 0 Å². The Bertz CT molecular complexity index is 304. The van der Waals surface area contributed by atoms with Crippen molar-refractivity contribution >= 4 is 5.97 Å². The fraction of sp³-hybridized carbons (Fsp3) is 0.889. The van der Waals surface area contributed by atoms with Gasteiger partial charge in [0.2, 0.25) is 0 Å². The van der Waals surface area contributed by atoms with Crippen LogP contribution in [0.4, 0.5) is 0 Å². The molecule has 0 radical (unpaired) electrons. The average molecular weight is 172 g/mol. The Morgan fingerprint density at radius 2 is 2.58 bits per heavy atom. The van der Waals surface area contributed by atoms with Crippen molar-refractivity contribution in [1.82, 2.24) is 5.32 Å². The summed E-state index contributed by atoms with van der Waals surface area (Å²) in [5, 5.41) is 3.01. The minimum atomic E-state index is -1.99. The normalized spacial score (nSPS) is 54.8. The van der Waals surface area contributed by atoms with Crippen LogP contribution >= 0.6 is 0 Å². The first-order valence-electron chi connectivity index (χ1n) is 5.65. The second-order valence-corrected chi connectivity index (χ2v) is 3.82. The molecule has 1 unspecified atom stereocenters. The molecule has 2 rings (SSSR count). The summed E-state index contributed by atoms with van der Waals surface area (Å²) in [6.45, 7) is 0.349. The maximum atomic E-state index is 11.4. The Hall–Kier alpha value is -0.570. The highest BCUT2D eigenvalue weighted by Crippen LogP contribution is 2.62. The van der Waals surface area contributed by atoms with E-state index in [4.69, 9.17) is 4.11 Å². The molecule has 0 aromatic rings. The van der Waals surface area contributed by atoms with Crippen molar-refractivity contribution in [2.45, 2.75) is 19.8 Å². The smallest absolute Gasteiger partial charge is 0.323 e. The molecule has 1 heterocycles. The first-order valence-corrected chi connectivity index (χ1v) is 4.15. The number of carbonyl (C=O) groups excluding carboxylic acids is 1. The van der Waals surface area contributed by atoms with E-state index in [9.17, 15) is 4.79 Å². The lowest BCUT2D eigenvalue weighted by molar-refractivity contribution is -0.143. The quantitative estimate of drug-likeness (QED) is 0.582. The third-order valence-corrected chi connectivity index (χ3v) is 3.16. The topological polar surface area (TPSA) is 38.3 Å². The van der Waals surface area contributed by atoms with Gasteiger partial charge in [-0.15, -0.1) is 0 Å². The fourth-order valence-electron chi connectivity index (χ4n) is 2.29. The van der Waals surface area contributed by atoms with Crippen molar-refractivity contribution in [3.05, 3.63) is 0 Å². The van der Waals surface area contributed by atoms with E-state index in [1.807, 2.05) is 0 Å². The van der Waals surface area contributed by atoms with Crippen molar-refractivity contribution in [2.24, 2.45) is 17.3 Å². The summed E-state index contributed by atoms with van der Waals surface area (Å²) in [5.74, 6) is -0.373. The molecule has 1 N–H and O–H groups in total. The van der Waals surface area contributed by atoms with Crippen LogP contribution in [0.1, 0.15) is 17.9 Å². The number of piperidine rings is 1. The van der Waals surface area contributed by atoms with Gasteiger partial charge in [-0.3, -0.25) is 4.79 Å². The molecular weight excluding hydrogens is 154 g/mol. The average Bonchev–Trinajstić information content (AvgIpc) is 2.60. The van der Waals surface area contributed by atoms with Gasteiger partial charge in [-0.25, -0.2) is 0 Å². The van der Waals surface area contributed by atoms with Gasteiger partial charge in [0.1, 0.15) is 6.04 Å². The molecule has 3 heteroatoms. The van der Waals surface area contributed by atoms with Crippen LogP contribution in [0.5, 0.6) is 0 Å². The van der Waals surface area contributed by atoms with Gasteiger partial charge in [0, 0.05) is 4.11 Å². The molecule has 0 aromatic carbocycles. The summed E-state index contributed by atoms with van der Waals surface area (Å²) in [5.41, 5.74) is -0.711. The van der Waals surface area contributed by atoms with Crippen LogP contribution in [0.15, 0.2) is 0 Å². The van der Waals surface area contributed by atoms with Gasteiger partial charge >= 0.3 is 5.97 Å². The number of rotatable bonds is 1. The summed E-state index contributed by atoms with van der Waals surface area (Å²) in [4.78, 5) is 11.4. The van der Waals surface area contributed by atoms with E-state index in [2.05, 4.69) is 10.1 Å². The molecule has 0 aromatic heterocycles. The van der Waals surface area contributed by atoms with Crippen LogP contribution in [0, 0.1) is 17.3 Å². The zero-order chi connectivity index (χ0) is 11.4. The van der Waals surface area contributed by atoms with E-state index < -0.39 is 18.3 Å². The molecule has 1 saturated carbocycles. The standard InChI is InChI=1S/C9H15NO2/c1-9(2)5-4-10-7(6(5)9)8(11)12-3/h5-7,10H,4H2,1-3H3/t5-,6-,7-/m0/s1/i1D3/t5-,6-,7-,9?. The summed E-state index contributed by atoms with van der Waals surface area (Å²) >= 11 is 0. The largest absolute Gasteiger partial charge is 0.468 e.